The van der Waals surface area contributed by atoms with Gasteiger partial charge in [0.2, 0.25) is 0 Å². The molecule has 1 aromatic carbocycles. The van der Waals surface area contributed by atoms with Crippen molar-refractivity contribution < 1.29 is 22.7 Å². The van der Waals surface area contributed by atoms with Crippen LogP contribution in [-0.2, 0) is 6.42 Å². The molecule has 0 saturated carbocycles. The van der Waals surface area contributed by atoms with Gasteiger partial charge in [0.1, 0.15) is 5.82 Å². The summed E-state index contributed by atoms with van der Waals surface area (Å²) in [5.74, 6) is -0.302. The number of hydrogen-bond acceptors (Lipinski definition) is 2. The predicted octanol–water partition coefficient (Wildman–Crippen LogP) is 3.79. The third kappa shape index (κ3) is 5.77. The maximum absolute atomic E-state index is 13.0. The second-order valence-electron chi connectivity index (χ2n) is 6.56. The van der Waals surface area contributed by atoms with Crippen LogP contribution in [0.1, 0.15) is 31.2 Å². The topological polar surface area (TPSA) is 23.5 Å². The molecule has 0 aliphatic carbocycles. The molecule has 0 amide bonds. The van der Waals surface area contributed by atoms with Gasteiger partial charge < -0.3 is 10.0 Å². The Morgan fingerprint density at radius 2 is 1.87 bits per heavy atom. The van der Waals surface area contributed by atoms with E-state index in [1.54, 1.807) is 12.1 Å². The highest BCUT2D eigenvalue weighted by molar-refractivity contribution is 5.18. The maximum atomic E-state index is 13.0. The highest BCUT2D eigenvalue weighted by atomic mass is 19.4. The molecule has 1 N–H and O–H groups in total. The smallest absolute Gasteiger partial charge is 0.389 e. The largest absolute Gasteiger partial charge is 0.396 e. The lowest BCUT2D eigenvalue weighted by atomic mass is 9.75. The number of hydrogen-bond donors (Lipinski definition) is 1. The van der Waals surface area contributed by atoms with Gasteiger partial charge in [0.05, 0.1) is 6.61 Å². The van der Waals surface area contributed by atoms with Gasteiger partial charge in [-0.15, -0.1) is 0 Å². The van der Waals surface area contributed by atoms with Gasteiger partial charge in [0.15, 0.2) is 0 Å². The second kappa shape index (κ2) is 7.62. The quantitative estimate of drug-likeness (QED) is 0.801. The van der Waals surface area contributed by atoms with Crippen LogP contribution in [0.2, 0.25) is 0 Å². The van der Waals surface area contributed by atoms with Gasteiger partial charge in [-0.25, -0.2) is 4.39 Å². The van der Waals surface area contributed by atoms with E-state index in [0.717, 1.165) is 24.9 Å². The van der Waals surface area contributed by atoms with E-state index in [4.69, 9.17) is 0 Å². The molecular formula is C17H23F4NO. The molecule has 0 aromatic heterocycles. The van der Waals surface area contributed by atoms with Crippen molar-refractivity contribution in [3.63, 3.8) is 0 Å². The number of aliphatic hydroxyl groups is 1. The zero-order valence-electron chi connectivity index (χ0n) is 13.1. The molecule has 1 heterocycles. The molecule has 130 valence electrons. The average molecular weight is 333 g/mol. The van der Waals surface area contributed by atoms with Crippen LogP contribution in [0.25, 0.3) is 0 Å². The molecule has 2 nitrogen and oxygen atoms in total. The minimum Gasteiger partial charge on any atom is -0.396 e. The first-order valence-corrected chi connectivity index (χ1v) is 7.96. The molecule has 1 atom stereocenters. The maximum Gasteiger partial charge on any atom is 0.389 e. The number of nitrogens with zero attached hydrogens (tertiary/aromatic N) is 1. The minimum atomic E-state index is -4.11. The fraction of sp³-hybridized carbons (Fsp3) is 0.647. The van der Waals surface area contributed by atoms with Crippen LogP contribution in [-0.4, -0.2) is 42.4 Å². The Balaban J connectivity index is 1.93. The van der Waals surface area contributed by atoms with Crippen LogP contribution in [0.4, 0.5) is 17.6 Å². The normalized spacial score (nSPS) is 23.2. The SMILES string of the molecule is OCC1(Cc2ccc(F)cc2)CCCN(CCCC(F)(F)F)C1. The summed E-state index contributed by atoms with van der Waals surface area (Å²) >= 11 is 0. The third-order valence-electron chi connectivity index (χ3n) is 4.50. The Labute approximate surface area is 134 Å². The summed E-state index contributed by atoms with van der Waals surface area (Å²) in [6.07, 6.45) is -2.50. The van der Waals surface area contributed by atoms with E-state index in [9.17, 15) is 22.7 Å². The second-order valence-corrected chi connectivity index (χ2v) is 6.56. The van der Waals surface area contributed by atoms with E-state index in [-0.39, 0.29) is 24.3 Å². The highest BCUT2D eigenvalue weighted by Gasteiger charge is 2.35. The molecule has 23 heavy (non-hydrogen) atoms. The van der Waals surface area contributed by atoms with Crippen molar-refractivity contribution >= 4 is 0 Å². The van der Waals surface area contributed by atoms with Crippen LogP contribution in [0.5, 0.6) is 0 Å². The monoisotopic (exact) mass is 333 g/mol. The summed E-state index contributed by atoms with van der Waals surface area (Å²) in [5.41, 5.74) is 0.589. The van der Waals surface area contributed by atoms with Crippen molar-refractivity contribution in [2.45, 2.75) is 38.3 Å². The standard InChI is InChI=1S/C17H23F4NO/c18-15-5-3-14(4-6-15)11-16(13-23)7-1-9-22(12-16)10-2-8-17(19,20)21/h3-6,23H,1-2,7-13H2. The molecule has 0 spiro atoms. The number of benzene rings is 1. The van der Waals surface area contributed by atoms with Crippen molar-refractivity contribution in [1.29, 1.82) is 0 Å². The molecule has 1 aliphatic rings. The van der Waals surface area contributed by atoms with Gasteiger partial charge in [-0.1, -0.05) is 12.1 Å². The molecule has 2 rings (SSSR count). The van der Waals surface area contributed by atoms with E-state index >= 15 is 0 Å². The molecule has 1 unspecified atom stereocenters. The van der Waals surface area contributed by atoms with Crippen molar-refractivity contribution in [1.82, 2.24) is 4.90 Å². The van der Waals surface area contributed by atoms with Crippen LogP contribution in [0, 0.1) is 11.2 Å². The van der Waals surface area contributed by atoms with E-state index in [1.807, 2.05) is 4.90 Å². The van der Waals surface area contributed by atoms with E-state index < -0.39 is 12.6 Å². The molecule has 1 aliphatic heterocycles. The Morgan fingerprint density at radius 3 is 2.48 bits per heavy atom. The molecular weight excluding hydrogens is 310 g/mol. The predicted molar refractivity (Wildman–Crippen MR) is 80.6 cm³/mol. The van der Waals surface area contributed by atoms with Gasteiger partial charge in [-0.05, 0) is 56.5 Å². The Bertz CT molecular complexity index is 488. The molecule has 0 radical (unpaired) electrons. The third-order valence-corrected chi connectivity index (χ3v) is 4.50. The van der Waals surface area contributed by atoms with Gasteiger partial charge in [0.25, 0.3) is 0 Å². The van der Waals surface area contributed by atoms with E-state index in [2.05, 4.69) is 0 Å². The number of alkyl halides is 3. The highest BCUT2D eigenvalue weighted by Crippen LogP contribution is 2.34. The Hall–Kier alpha value is -1.14. The lowest BCUT2D eigenvalue weighted by Gasteiger charge is -2.42. The van der Waals surface area contributed by atoms with Crippen molar-refractivity contribution in [2.75, 3.05) is 26.2 Å². The van der Waals surface area contributed by atoms with Crippen molar-refractivity contribution in [3.05, 3.63) is 35.6 Å². The number of rotatable bonds is 6. The minimum absolute atomic E-state index is 0.0137. The number of piperidine rings is 1. The number of aliphatic hydroxyl groups excluding tert-OH is 1. The summed E-state index contributed by atoms with van der Waals surface area (Å²) in [6, 6.07) is 6.19. The summed E-state index contributed by atoms with van der Waals surface area (Å²) < 4.78 is 49.8. The molecule has 6 heteroatoms. The lowest BCUT2D eigenvalue weighted by molar-refractivity contribution is -0.136. The molecule has 0 bridgehead atoms. The fourth-order valence-electron chi connectivity index (χ4n) is 3.37. The summed E-state index contributed by atoms with van der Waals surface area (Å²) in [6.45, 7) is 1.73. The Morgan fingerprint density at radius 1 is 1.17 bits per heavy atom. The van der Waals surface area contributed by atoms with Crippen molar-refractivity contribution in [2.24, 2.45) is 5.41 Å². The molecule has 1 saturated heterocycles. The van der Waals surface area contributed by atoms with Crippen LogP contribution in [0.3, 0.4) is 0 Å². The average Bonchev–Trinajstić information content (AvgIpc) is 2.49. The Kier molecular flexibility index (Phi) is 6.03. The van der Waals surface area contributed by atoms with Gasteiger partial charge >= 0.3 is 6.18 Å². The first kappa shape index (κ1) is 18.2. The van der Waals surface area contributed by atoms with E-state index in [0.29, 0.717) is 19.5 Å². The summed E-state index contributed by atoms with van der Waals surface area (Å²) in [7, 11) is 0. The fourth-order valence-corrected chi connectivity index (χ4v) is 3.37. The van der Waals surface area contributed by atoms with Gasteiger partial charge in [0, 0.05) is 18.4 Å². The first-order chi connectivity index (χ1) is 10.8. The number of likely N-dealkylation sites (tertiary alicyclic amines) is 1. The van der Waals surface area contributed by atoms with Crippen LogP contribution in [0.15, 0.2) is 24.3 Å². The van der Waals surface area contributed by atoms with Crippen LogP contribution >= 0.6 is 0 Å². The zero-order chi connectivity index (χ0) is 16.9. The number of halogens is 4. The van der Waals surface area contributed by atoms with Gasteiger partial charge in [-0.3, -0.25) is 0 Å². The van der Waals surface area contributed by atoms with Gasteiger partial charge in [-0.2, -0.15) is 13.2 Å². The summed E-state index contributed by atoms with van der Waals surface area (Å²) in [4.78, 5) is 2.01. The first-order valence-electron chi connectivity index (χ1n) is 7.96. The zero-order valence-corrected chi connectivity index (χ0v) is 13.1. The molecule has 1 fully saturated rings. The summed E-state index contributed by atoms with van der Waals surface area (Å²) in [5, 5.41) is 9.85. The van der Waals surface area contributed by atoms with E-state index in [1.165, 1.54) is 12.1 Å². The molecule has 1 aromatic rings. The van der Waals surface area contributed by atoms with Crippen LogP contribution < -0.4 is 0 Å². The lowest BCUT2D eigenvalue weighted by Crippen LogP contribution is -2.47. The van der Waals surface area contributed by atoms with Crippen molar-refractivity contribution in [3.8, 4) is 0 Å².